The summed E-state index contributed by atoms with van der Waals surface area (Å²) in [5, 5.41) is 71.6. The third kappa shape index (κ3) is 35.9. The van der Waals surface area contributed by atoms with E-state index in [1.807, 2.05) is 7.05 Å². The zero-order valence-corrected chi connectivity index (χ0v) is 78.8. The van der Waals surface area contributed by atoms with Crippen molar-refractivity contribution in [1.82, 2.24) is 114 Å². The van der Waals surface area contributed by atoms with Gasteiger partial charge < -0.3 is 75.4 Å². The summed E-state index contributed by atoms with van der Waals surface area (Å²) in [7, 11) is 2.05. The maximum atomic E-state index is 14.4. The summed E-state index contributed by atoms with van der Waals surface area (Å²) >= 11 is 0. The van der Waals surface area contributed by atoms with E-state index in [4.69, 9.17) is 4.74 Å². The van der Waals surface area contributed by atoms with Crippen molar-refractivity contribution in [2.45, 2.75) is 97.0 Å². The van der Waals surface area contributed by atoms with Gasteiger partial charge in [0.25, 0.3) is 0 Å². The van der Waals surface area contributed by atoms with Crippen LogP contribution in [0.3, 0.4) is 0 Å². The van der Waals surface area contributed by atoms with Crippen molar-refractivity contribution in [2.24, 2.45) is 0 Å². The van der Waals surface area contributed by atoms with E-state index in [2.05, 4.69) is 144 Å². The molecule has 8 fully saturated rings. The number of hydrogen-bond acceptors (Lipinski definition) is 24. The molecule has 36 heteroatoms. The molecule has 131 heavy (non-hydrogen) atoms. The van der Waals surface area contributed by atoms with Gasteiger partial charge in [-0.3, -0.25) is 43.2 Å². The van der Waals surface area contributed by atoms with Crippen LogP contribution in [0.1, 0.15) is 70.7 Å². The Hall–Kier alpha value is -7.64. The highest BCUT2D eigenvalue weighted by atomic mass is 19.2. The summed E-state index contributed by atoms with van der Waals surface area (Å²) in [5.74, 6) is -5.56. The van der Waals surface area contributed by atoms with Crippen molar-refractivity contribution in [3.05, 3.63) is 215 Å². The van der Waals surface area contributed by atoms with Gasteiger partial charge >= 0.3 is 0 Å². The van der Waals surface area contributed by atoms with E-state index in [1.165, 1.54) is 153 Å². The predicted octanol–water partition coefficient (Wildman–Crippen LogP) is 6.43. The fourth-order valence-corrected chi connectivity index (χ4v) is 17.3. The van der Waals surface area contributed by atoms with Gasteiger partial charge in [0.2, 0.25) is 0 Å². The first-order valence-electron chi connectivity index (χ1n) is 47.1. The Morgan fingerprint density at radius 2 is 0.473 bits per heavy atom. The fraction of sp³-hybridized carbons (Fsp3) is 0.621. The van der Waals surface area contributed by atoms with E-state index < -0.39 is 68.9 Å². The monoisotopic (exact) mass is 1840 g/mol. The molecule has 4 atom stereocenters. The third-order valence-electron chi connectivity index (χ3n) is 25.5. The second-order valence-corrected chi connectivity index (χ2v) is 34.7. The van der Waals surface area contributed by atoms with Gasteiger partial charge in [0.05, 0.1) is 39.4 Å². The van der Waals surface area contributed by atoms with Crippen molar-refractivity contribution >= 4 is 0 Å². The molecule has 4 aromatic heterocycles. The topological polar surface area (TPSA) is 236 Å². The first-order chi connectivity index (χ1) is 63.2. The predicted molar refractivity (Wildman–Crippen MR) is 497 cm³/mol. The van der Waals surface area contributed by atoms with Crippen LogP contribution in [0.4, 0.5) is 35.1 Å². The van der Waals surface area contributed by atoms with Gasteiger partial charge in [0, 0.05) is 319 Å². The third-order valence-corrected chi connectivity index (χ3v) is 25.5. The van der Waals surface area contributed by atoms with Crippen LogP contribution in [-0.2, 0) is 53.3 Å². The van der Waals surface area contributed by atoms with Gasteiger partial charge in [-0.05, 0) is 101 Å². The Morgan fingerprint density at radius 3 is 0.656 bits per heavy atom. The number of morpholine rings is 1. The number of halogens is 8. The number of nitrogens with one attached hydrogen (secondary N) is 3. The average molecular weight is 1850 g/mol. The number of β-amino-alcohol motifs (C(OH)–C–C–N with tert-alkyl or cyclic N) is 4. The number of ether oxygens (including phenoxy) is 1. The highest BCUT2D eigenvalue weighted by Crippen LogP contribution is 2.33. The maximum absolute atomic E-state index is 14.4. The highest BCUT2D eigenvalue weighted by molar-refractivity contribution is 5.30. The minimum absolute atomic E-state index is 0.0957. The first-order valence-corrected chi connectivity index (χ1v) is 47.1. The van der Waals surface area contributed by atoms with E-state index in [-0.39, 0.29) is 74.6 Å². The lowest BCUT2D eigenvalue weighted by Crippen LogP contribution is -2.52. The number of benzene rings is 4. The molecular weight excluding hydrogens is 1700 g/mol. The zero-order chi connectivity index (χ0) is 94.0. The molecule has 8 aromatic rings. The summed E-state index contributed by atoms with van der Waals surface area (Å²) in [6.07, 6.45) is 13.3. The second-order valence-electron chi connectivity index (χ2n) is 34.7. The van der Waals surface area contributed by atoms with Crippen molar-refractivity contribution < 1.29 is 60.3 Å². The molecule has 4 unspecified atom stereocenters. The van der Waals surface area contributed by atoms with Crippen molar-refractivity contribution in [3.8, 4) is 0 Å². The average Bonchev–Trinajstić information content (AvgIpc) is 1.69. The minimum atomic E-state index is -1.49. The van der Waals surface area contributed by atoms with Crippen LogP contribution < -0.4 is 16.0 Å². The van der Waals surface area contributed by atoms with Gasteiger partial charge in [-0.15, -0.1) is 0 Å². The van der Waals surface area contributed by atoms with E-state index in [9.17, 15) is 55.5 Å². The molecule has 0 radical (unpaired) electrons. The Morgan fingerprint density at radius 1 is 0.275 bits per heavy atom. The van der Waals surface area contributed by atoms with E-state index in [0.29, 0.717) is 0 Å². The number of hydrogen-bond donors (Lipinski definition) is 7. The number of aliphatic hydroxyl groups is 4. The molecule has 8 aliphatic rings. The highest BCUT2D eigenvalue weighted by Gasteiger charge is 2.41. The maximum Gasteiger partial charge on any atom is 0.132 e. The van der Waals surface area contributed by atoms with Crippen LogP contribution in [0, 0.1) is 46.5 Å². The Balaban J connectivity index is 0.000000176. The van der Waals surface area contributed by atoms with E-state index in [0.717, 1.165) is 175 Å². The lowest BCUT2D eigenvalue weighted by molar-refractivity contribution is -0.0317. The second kappa shape index (κ2) is 56.0. The van der Waals surface area contributed by atoms with Crippen LogP contribution in [-0.4, -0.2) is 407 Å². The lowest BCUT2D eigenvalue weighted by atomic mass is 9.92. The number of aromatic nitrogens is 8. The summed E-state index contributed by atoms with van der Waals surface area (Å²) in [4.78, 5) is 27.4. The molecule has 12 heterocycles. The Labute approximate surface area is 771 Å². The molecule has 0 amide bonds. The van der Waals surface area contributed by atoms with Gasteiger partial charge in [-0.1, -0.05) is 72.7 Å². The van der Waals surface area contributed by atoms with Crippen LogP contribution in [0.15, 0.2) is 147 Å². The molecule has 16 rings (SSSR count). The van der Waals surface area contributed by atoms with Crippen molar-refractivity contribution in [3.63, 3.8) is 0 Å². The van der Waals surface area contributed by atoms with E-state index >= 15 is 0 Å². The van der Waals surface area contributed by atoms with Crippen molar-refractivity contribution in [1.29, 1.82) is 0 Å². The first kappa shape index (κ1) is 107. The Kier molecular flexibility index (Phi) is 45.8. The molecule has 0 bridgehead atoms. The molecule has 28 nitrogen and oxygen atoms in total. The van der Waals surface area contributed by atoms with Crippen LogP contribution >= 0.6 is 0 Å². The number of nitrogens with zero attached hydrogens (tertiary/aromatic N) is 20. The summed E-state index contributed by atoms with van der Waals surface area (Å²) in [6.45, 7) is 56.7. The van der Waals surface area contributed by atoms with Crippen LogP contribution in [0.2, 0.25) is 0 Å². The zero-order valence-electron chi connectivity index (χ0n) is 78.8. The molecule has 7 N–H and O–H groups in total. The Bertz CT molecular complexity index is 4020. The van der Waals surface area contributed by atoms with Crippen LogP contribution in [0.5, 0.6) is 0 Å². The van der Waals surface area contributed by atoms with Gasteiger partial charge in [0.1, 0.15) is 68.9 Å². The fourth-order valence-electron chi connectivity index (χ4n) is 17.3. The number of piperazine rings is 7. The van der Waals surface area contributed by atoms with Gasteiger partial charge in [-0.25, -0.2) is 35.1 Å². The normalized spacial score (nSPS) is 20.2. The summed E-state index contributed by atoms with van der Waals surface area (Å²) in [5.41, 5.74) is -5.56. The smallest absolute Gasteiger partial charge is 0.132 e. The molecule has 0 spiro atoms. The number of likely N-dealkylation sites (N-methyl/N-ethyl adjacent to an activating group) is 8. The molecule has 730 valence electrons. The SMILES string of the molecule is CCN1CCN(CC(O)(Cn2cccn2)c2ccc(F)cc2F)CC1.CCN1CCN(CC(O)(Cn2cccn2)c2ccc(F)cc2F)CC1.CCN1CCN(CC(O)(Cn2cccn2)c2ccc(F)cc2F)CC1.CCN1CCNCC1.CCN1CCNCC1.CCN1CCNCC1.CCN1CCOCC1.CN1CCN(CC(O)(Cn2cccn2)c2ccc(F)cc2F)CC1. The summed E-state index contributed by atoms with van der Waals surface area (Å²) < 4.78 is 122. The number of rotatable bonds is 27. The molecule has 0 saturated carbocycles. The van der Waals surface area contributed by atoms with Gasteiger partial charge in [-0.2, -0.15) is 20.4 Å². The molecular formula is C95H149F8N23O5. The molecule has 0 aliphatic carbocycles. The molecule has 8 saturated heterocycles. The van der Waals surface area contributed by atoms with Crippen molar-refractivity contribution in [2.75, 3.05) is 289 Å². The largest absolute Gasteiger partial charge is 0.382 e. The van der Waals surface area contributed by atoms with Gasteiger partial charge in [0.15, 0.2) is 0 Å². The van der Waals surface area contributed by atoms with E-state index in [1.54, 1.807) is 92.6 Å². The molecule has 4 aromatic carbocycles. The van der Waals surface area contributed by atoms with Crippen LogP contribution in [0.25, 0.3) is 0 Å². The minimum Gasteiger partial charge on any atom is -0.382 e. The standard InChI is InChI=1S/3C18H24F2N4O.C17H22F2N4O.3C6H14N2.C6H13NO/c3*1-2-22-8-10-23(11-9-22)13-18(25,14-24-7-3-6-21-24)16-5-4-15(19)12-17(16)20;1-21-7-9-22(10-8-21)12-17(24,13-23-6-2-5-20-23)15-4-3-14(18)11-16(15)19;3*1-2-8-5-3-7-4-6-8;1-2-7-3-5-8-6-4-7/h3*3-7,12,25H,2,8-11,13-14H2,1H3;2-6,11,24H,7-10,12-13H2,1H3;3*7H,2-6H2,1H3;2-6H2,1H3. The lowest BCUT2D eigenvalue weighted by Gasteiger charge is -2.39. The quantitative estimate of drug-likeness (QED) is 0.0275. The summed E-state index contributed by atoms with van der Waals surface area (Å²) in [6, 6.07) is 20.3. The molecule has 8 aliphatic heterocycles.